The molecule has 2 aromatic carbocycles. The lowest BCUT2D eigenvalue weighted by Gasteiger charge is -2.35. The van der Waals surface area contributed by atoms with Crippen molar-refractivity contribution in [1.29, 1.82) is 0 Å². The maximum absolute atomic E-state index is 13.6. The Kier molecular flexibility index (Phi) is 9.83. The number of benzene rings is 2. The Balaban J connectivity index is 2.38. The van der Waals surface area contributed by atoms with Crippen LogP contribution in [0.25, 0.3) is 0 Å². The van der Waals surface area contributed by atoms with Gasteiger partial charge in [-0.05, 0) is 89.1 Å². The Hall–Kier alpha value is -2.75. The van der Waals surface area contributed by atoms with E-state index in [2.05, 4.69) is 32.2 Å². The smallest absolute Gasteiger partial charge is 0.336 e. The summed E-state index contributed by atoms with van der Waals surface area (Å²) in [4.78, 5) is 13.6. The van der Waals surface area contributed by atoms with Gasteiger partial charge in [0.05, 0.1) is 13.2 Å². The van der Waals surface area contributed by atoms with E-state index in [1.54, 1.807) is 7.11 Å². The number of esters is 1. The molecule has 0 spiro atoms. The van der Waals surface area contributed by atoms with Crippen LogP contribution in [0.3, 0.4) is 0 Å². The molecule has 4 heteroatoms. The molecule has 0 aliphatic heterocycles. The summed E-state index contributed by atoms with van der Waals surface area (Å²) < 4.78 is 11.1. The first-order valence-electron chi connectivity index (χ1n) is 11.6. The van der Waals surface area contributed by atoms with Crippen molar-refractivity contribution in [3.8, 4) is 5.75 Å². The molecule has 0 saturated heterocycles. The summed E-state index contributed by atoms with van der Waals surface area (Å²) in [5.74, 6) is 1.02. The van der Waals surface area contributed by atoms with Crippen LogP contribution in [0, 0.1) is 5.92 Å². The highest BCUT2D eigenvalue weighted by Gasteiger charge is 2.42. The monoisotopic (exact) mass is 437 g/mol. The van der Waals surface area contributed by atoms with Crippen LogP contribution in [0.15, 0.2) is 66.2 Å². The summed E-state index contributed by atoms with van der Waals surface area (Å²) >= 11 is 0. The molecule has 0 aliphatic rings. The minimum atomic E-state index is -0.967. The Bertz CT molecular complexity index is 854. The van der Waals surface area contributed by atoms with Crippen LogP contribution in [-0.2, 0) is 15.1 Å². The predicted octanol–water partition coefficient (Wildman–Crippen LogP) is 7.12. The highest BCUT2D eigenvalue weighted by atomic mass is 16.5. The van der Waals surface area contributed by atoms with Gasteiger partial charge in [-0.1, -0.05) is 48.9 Å². The van der Waals surface area contributed by atoms with Gasteiger partial charge in [-0.3, -0.25) is 0 Å². The highest BCUT2D eigenvalue weighted by Crippen LogP contribution is 2.35. The molecule has 4 nitrogen and oxygen atoms in total. The quantitative estimate of drug-likeness (QED) is 0.284. The predicted molar refractivity (Wildman–Crippen MR) is 133 cm³/mol. The molecule has 2 aromatic rings. The summed E-state index contributed by atoms with van der Waals surface area (Å²) in [6, 6.07) is 17.6. The van der Waals surface area contributed by atoms with E-state index in [0.29, 0.717) is 12.3 Å². The van der Waals surface area contributed by atoms with Gasteiger partial charge in [-0.15, -0.1) is 0 Å². The molecule has 0 aliphatic carbocycles. The van der Waals surface area contributed by atoms with Crippen LogP contribution in [0.1, 0.15) is 65.9 Å². The van der Waals surface area contributed by atoms with Crippen molar-refractivity contribution in [3.63, 3.8) is 0 Å². The van der Waals surface area contributed by atoms with Crippen molar-refractivity contribution in [2.75, 3.05) is 12.4 Å². The number of hydrogen-bond acceptors (Lipinski definition) is 4. The van der Waals surface area contributed by atoms with Crippen LogP contribution in [-0.4, -0.2) is 19.2 Å². The van der Waals surface area contributed by atoms with E-state index < -0.39 is 5.54 Å². The lowest BCUT2D eigenvalue weighted by molar-refractivity contribution is -0.153. The van der Waals surface area contributed by atoms with Crippen molar-refractivity contribution in [2.45, 2.75) is 71.9 Å². The summed E-state index contributed by atoms with van der Waals surface area (Å²) in [5.41, 5.74) is 2.15. The first kappa shape index (κ1) is 25.5. The van der Waals surface area contributed by atoms with Gasteiger partial charge in [0, 0.05) is 5.69 Å². The lowest BCUT2D eigenvalue weighted by Crippen LogP contribution is -2.46. The third-order valence-electron chi connectivity index (χ3n) is 5.63. The third kappa shape index (κ3) is 7.44. The van der Waals surface area contributed by atoms with E-state index in [9.17, 15) is 4.79 Å². The number of allylic oxidation sites excluding steroid dienone is 2. The van der Waals surface area contributed by atoms with Gasteiger partial charge in [0.15, 0.2) is 5.54 Å². The van der Waals surface area contributed by atoms with E-state index in [1.165, 1.54) is 5.57 Å². The summed E-state index contributed by atoms with van der Waals surface area (Å²) in [6.07, 6.45) is 5.79. The van der Waals surface area contributed by atoms with Gasteiger partial charge in [0.2, 0.25) is 0 Å². The van der Waals surface area contributed by atoms with Crippen LogP contribution in [0.2, 0.25) is 0 Å². The van der Waals surface area contributed by atoms with E-state index in [4.69, 9.17) is 9.47 Å². The molecule has 2 rings (SSSR count). The second-order valence-electron chi connectivity index (χ2n) is 9.08. The van der Waals surface area contributed by atoms with E-state index >= 15 is 0 Å². The summed E-state index contributed by atoms with van der Waals surface area (Å²) in [6.45, 7) is 10.3. The first-order valence-corrected chi connectivity index (χ1v) is 11.6. The van der Waals surface area contributed by atoms with E-state index in [1.807, 2.05) is 68.4 Å². The molecule has 0 radical (unpaired) electrons. The number of methoxy groups -OCH3 is 1. The Labute approximate surface area is 194 Å². The zero-order valence-corrected chi connectivity index (χ0v) is 20.5. The SMILES string of the molecule is COc1ccc(N[C@](CC[C@@H](C)CCC=C(C)C)(C(=O)OC(C)C)c2ccccc2)cc1. The van der Waals surface area contributed by atoms with Crippen LogP contribution < -0.4 is 10.1 Å². The minimum Gasteiger partial charge on any atom is -0.497 e. The Morgan fingerprint density at radius 3 is 2.22 bits per heavy atom. The molecule has 32 heavy (non-hydrogen) atoms. The number of ether oxygens (including phenoxy) is 2. The maximum atomic E-state index is 13.6. The molecular formula is C28H39NO3. The van der Waals surface area contributed by atoms with Crippen molar-refractivity contribution in [1.82, 2.24) is 0 Å². The van der Waals surface area contributed by atoms with E-state index in [-0.39, 0.29) is 12.1 Å². The van der Waals surface area contributed by atoms with Gasteiger partial charge in [-0.2, -0.15) is 0 Å². The zero-order chi connectivity index (χ0) is 23.6. The van der Waals surface area contributed by atoms with Gasteiger partial charge in [0.1, 0.15) is 5.75 Å². The molecule has 0 unspecified atom stereocenters. The normalized spacial score (nSPS) is 13.7. The molecule has 174 valence electrons. The van der Waals surface area contributed by atoms with Crippen LogP contribution in [0.5, 0.6) is 5.75 Å². The number of rotatable bonds is 12. The van der Waals surface area contributed by atoms with E-state index in [0.717, 1.165) is 36.3 Å². The number of hydrogen-bond donors (Lipinski definition) is 1. The molecule has 2 atom stereocenters. The molecule has 1 N–H and O–H groups in total. The minimum absolute atomic E-state index is 0.196. The van der Waals surface area contributed by atoms with Gasteiger partial charge < -0.3 is 14.8 Å². The number of carbonyl (C=O) groups excluding carboxylic acids is 1. The van der Waals surface area contributed by atoms with Crippen molar-refractivity contribution in [3.05, 3.63) is 71.8 Å². The molecule has 0 saturated carbocycles. The topological polar surface area (TPSA) is 47.6 Å². The molecule has 0 aromatic heterocycles. The first-order chi connectivity index (χ1) is 15.3. The van der Waals surface area contributed by atoms with Crippen molar-refractivity contribution < 1.29 is 14.3 Å². The molecule has 0 fully saturated rings. The number of carbonyl (C=O) groups is 1. The van der Waals surface area contributed by atoms with Crippen LogP contribution in [0.4, 0.5) is 5.69 Å². The van der Waals surface area contributed by atoms with Gasteiger partial charge in [0.25, 0.3) is 0 Å². The molecule has 0 bridgehead atoms. The number of nitrogens with one attached hydrogen (secondary N) is 1. The van der Waals surface area contributed by atoms with Gasteiger partial charge >= 0.3 is 5.97 Å². The van der Waals surface area contributed by atoms with Gasteiger partial charge in [-0.25, -0.2) is 4.79 Å². The van der Waals surface area contributed by atoms with Crippen molar-refractivity contribution in [2.24, 2.45) is 5.92 Å². The average Bonchev–Trinajstić information content (AvgIpc) is 2.77. The zero-order valence-electron chi connectivity index (χ0n) is 20.5. The van der Waals surface area contributed by atoms with Crippen LogP contribution >= 0.6 is 0 Å². The largest absolute Gasteiger partial charge is 0.497 e. The Morgan fingerprint density at radius 1 is 1.00 bits per heavy atom. The number of anilines is 1. The maximum Gasteiger partial charge on any atom is 0.336 e. The molecule has 0 heterocycles. The Morgan fingerprint density at radius 2 is 1.66 bits per heavy atom. The third-order valence-corrected chi connectivity index (χ3v) is 5.63. The fourth-order valence-electron chi connectivity index (χ4n) is 3.77. The second kappa shape index (κ2) is 12.3. The second-order valence-corrected chi connectivity index (χ2v) is 9.08. The van der Waals surface area contributed by atoms with Crippen molar-refractivity contribution >= 4 is 11.7 Å². The molecule has 0 amide bonds. The fraction of sp³-hybridized carbons (Fsp3) is 0.464. The fourth-order valence-corrected chi connectivity index (χ4v) is 3.77. The molecular weight excluding hydrogens is 398 g/mol. The lowest BCUT2D eigenvalue weighted by atomic mass is 9.82. The highest BCUT2D eigenvalue weighted by molar-refractivity contribution is 5.86. The summed E-state index contributed by atoms with van der Waals surface area (Å²) in [5, 5.41) is 3.55. The summed E-state index contributed by atoms with van der Waals surface area (Å²) in [7, 11) is 1.65. The average molecular weight is 438 g/mol. The standard InChI is InChI=1S/C28H39NO3/c1-21(2)11-10-12-23(5)19-20-28(27(30)32-22(3)4,24-13-8-7-9-14-24)29-25-15-17-26(31-6)18-16-25/h7-9,11,13-18,22-23,29H,10,12,19-20H2,1-6H3/t23-,28-/m0/s1.